The van der Waals surface area contributed by atoms with Crippen LogP contribution in [-0.2, 0) is 25.9 Å². The van der Waals surface area contributed by atoms with E-state index < -0.39 is 5.97 Å². The summed E-state index contributed by atoms with van der Waals surface area (Å²) in [7, 11) is 2.12. The van der Waals surface area contributed by atoms with E-state index in [4.69, 9.17) is 0 Å². The van der Waals surface area contributed by atoms with Gasteiger partial charge in [-0.2, -0.15) is 5.10 Å². The average Bonchev–Trinajstić information content (AvgIpc) is 2.95. The van der Waals surface area contributed by atoms with Crippen molar-refractivity contribution in [2.45, 2.75) is 58.7 Å². The van der Waals surface area contributed by atoms with Crippen LogP contribution in [0.4, 0.5) is 0 Å². The predicted octanol–water partition coefficient (Wildman–Crippen LogP) is 2.68. The lowest BCUT2D eigenvalue weighted by Gasteiger charge is -2.32. The molecule has 0 aromatic carbocycles. The van der Waals surface area contributed by atoms with Gasteiger partial charge >= 0.3 is 5.97 Å². The van der Waals surface area contributed by atoms with Crippen molar-refractivity contribution < 1.29 is 9.90 Å². The van der Waals surface area contributed by atoms with Crippen LogP contribution in [0.2, 0.25) is 0 Å². The molecule has 134 valence electrons. The molecule has 2 aromatic rings. The zero-order valence-corrected chi connectivity index (χ0v) is 15.2. The van der Waals surface area contributed by atoms with Crippen molar-refractivity contribution in [2.24, 2.45) is 0 Å². The quantitative estimate of drug-likeness (QED) is 0.874. The Labute approximate surface area is 148 Å². The van der Waals surface area contributed by atoms with Gasteiger partial charge in [0.25, 0.3) is 0 Å². The van der Waals surface area contributed by atoms with Gasteiger partial charge in [-0.25, -0.2) is 4.79 Å². The van der Waals surface area contributed by atoms with Crippen molar-refractivity contribution in [3.8, 4) is 0 Å². The third kappa shape index (κ3) is 3.58. The van der Waals surface area contributed by atoms with E-state index in [9.17, 15) is 9.90 Å². The molecule has 1 aliphatic rings. The smallest absolute Gasteiger partial charge is 0.356 e. The average molecular weight is 342 g/mol. The first kappa shape index (κ1) is 17.6. The third-order valence-corrected chi connectivity index (χ3v) is 5.14. The fourth-order valence-electron chi connectivity index (χ4n) is 3.69. The molecule has 3 rings (SSSR count). The van der Waals surface area contributed by atoms with Crippen LogP contribution in [0.3, 0.4) is 0 Å². The Morgan fingerprint density at radius 3 is 2.96 bits per heavy atom. The number of fused-ring (bicyclic) bond motifs is 1. The molecular weight excluding hydrogens is 316 g/mol. The number of nitrogens with zero attached hydrogens (tertiary/aromatic N) is 4. The lowest BCUT2D eigenvalue weighted by molar-refractivity contribution is 0.0687. The Hall–Kier alpha value is -2.21. The van der Waals surface area contributed by atoms with Gasteiger partial charge in [0.05, 0.1) is 0 Å². The summed E-state index contributed by atoms with van der Waals surface area (Å²) in [6.45, 7) is 5.80. The van der Waals surface area contributed by atoms with Crippen molar-refractivity contribution in [1.29, 1.82) is 0 Å². The van der Waals surface area contributed by atoms with E-state index in [0.717, 1.165) is 50.0 Å². The van der Waals surface area contributed by atoms with E-state index in [1.54, 1.807) is 0 Å². The molecule has 0 unspecified atom stereocenters. The molecule has 1 atom stereocenters. The number of carboxylic acids is 1. The first-order chi connectivity index (χ1) is 12.0. The van der Waals surface area contributed by atoms with Gasteiger partial charge in [0, 0.05) is 42.8 Å². The molecule has 0 amide bonds. The summed E-state index contributed by atoms with van der Waals surface area (Å²) < 4.78 is 1.90. The predicted molar refractivity (Wildman–Crippen MR) is 95.7 cm³/mol. The summed E-state index contributed by atoms with van der Waals surface area (Å²) in [6, 6.07) is 2.39. The summed E-state index contributed by atoms with van der Waals surface area (Å²) in [6.07, 6.45) is 7.34. The minimum atomic E-state index is -0.917. The molecule has 0 saturated carbocycles. The Morgan fingerprint density at radius 2 is 2.28 bits per heavy atom. The van der Waals surface area contributed by atoms with Gasteiger partial charge in [0.15, 0.2) is 5.69 Å². The van der Waals surface area contributed by atoms with E-state index in [1.165, 1.54) is 11.1 Å². The number of aryl methyl sites for hydroxylation is 2. The van der Waals surface area contributed by atoms with Crippen molar-refractivity contribution in [1.82, 2.24) is 19.7 Å². The molecule has 0 aliphatic heterocycles. The monoisotopic (exact) mass is 342 g/mol. The summed E-state index contributed by atoms with van der Waals surface area (Å²) >= 11 is 0. The van der Waals surface area contributed by atoms with Crippen LogP contribution in [0.25, 0.3) is 0 Å². The number of hydrogen-bond donors (Lipinski definition) is 1. The number of pyridine rings is 1. The number of rotatable bonds is 6. The minimum absolute atomic E-state index is 0.238. The summed E-state index contributed by atoms with van der Waals surface area (Å²) in [5.74, 6) is -0.917. The highest BCUT2D eigenvalue weighted by Gasteiger charge is 2.30. The van der Waals surface area contributed by atoms with E-state index in [1.807, 2.05) is 17.1 Å². The van der Waals surface area contributed by atoms with Gasteiger partial charge in [-0.15, -0.1) is 0 Å². The zero-order valence-electron chi connectivity index (χ0n) is 15.2. The van der Waals surface area contributed by atoms with E-state index >= 15 is 0 Å². The van der Waals surface area contributed by atoms with E-state index in [2.05, 4.69) is 41.9 Å². The lowest BCUT2D eigenvalue weighted by Crippen LogP contribution is -2.36. The van der Waals surface area contributed by atoms with E-state index in [0.29, 0.717) is 6.04 Å². The normalized spacial score (nSPS) is 16.9. The first-order valence-electron chi connectivity index (χ1n) is 8.92. The topological polar surface area (TPSA) is 71.2 Å². The molecule has 2 aromatic heterocycles. The zero-order chi connectivity index (χ0) is 18.0. The number of aromatic carboxylic acids is 1. The molecule has 0 saturated heterocycles. The van der Waals surface area contributed by atoms with Gasteiger partial charge in [0.1, 0.15) is 0 Å². The summed E-state index contributed by atoms with van der Waals surface area (Å²) in [5, 5.41) is 13.9. The van der Waals surface area contributed by atoms with Gasteiger partial charge in [-0.3, -0.25) is 14.6 Å². The molecule has 0 spiro atoms. The highest BCUT2D eigenvalue weighted by Crippen LogP contribution is 2.28. The molecule has 6 nitrogen and oxygen atoms in total. The van der Waals surface area contributed by atoms with Crippen LogP contribution < -0.4 is 0 Å². The Morgan fingerprint density at radius 1 is 1.48 bits per heavy atom. The van der Waals surface area contributed by atoms with Gasteiger partial charge < -0.3 is 5.11 Å². The Bertz CT molecular complexity index is 769. The van der Waals surface area contributed by atoms with Crippen LogP contribution >= 0.6 is 0 Å². The maximum Gasteiger partial charge on any atom is 0.356 e. The maximum atomic E-state index is 11.6. The molecular formula is C19H26N4O2. The number of carboxylic acid groups (broad SMARTS) is 1. The van der Waals surface area contributed by atoms with Gasteiger partial charge in [-0.1, -0.05) is 6.92 Å². The van der Waals surface area contributed by atoms with E-state index in [-0.39, 0.29) is 5.69 Å². The van der Waals surface area contributed by atoms with Gasteiger partial charge in [0.2, 0.25) is 0 Å². The van der Waals surface area contributed by atoms with Gasteiger partial charge in [-0.05, 0) is 56.8 Å². The summed E-state index contributed by atoms with van der Waals surface area (Å²) in [4.78, 5) is 18.1. The number of aromatic nitrogens is 3. The number of likely N-dealkylation sites (N-methyl/N-ethyl adjacent to an activating group) is 1. The number of hydrogen-bond acceptors (Lipinski definition) is 4. The Kier molecular flexibility index (Phi) is 5.18. The Balaban J connectivity index is 1.80. The van der Waals surface area contributed by atoms with Crippen LogP contribution in [0, 0.1) is 6.92 Å². The molecule has 0 bridgehead atoms. The summed E-state index contributed by atoms with van der Waals surface area (Å²) in [5.41, 5.74) is 4.73. The molecule has 6 heteroatoms. The molecule has 25 heavy (non-hydrogen) atoms. The van der Waals surface area contributed by atoms with Crippen LogP contribution in [0.5, 0.6) is 0 Å². The van der Waals surface area contributed by atoms with Crippen molar-refractivity contribution in [3.05, 3.63) is 46.5 Å². The molecule has 1 N–H and O–H groups in total. The number of carbonyl (C=O) groups is 1. The molecule has 2 heterocycles. The second-order valence-corrected chi connectivity index (χ2v) is 6.92. The molecule has 1 aliphatic carbocycles. The highest BCUT2D eigenvalue weighted by atomic mass is 16.4. The van der Waals surface area contributed by atoms with Crippen molar-refractivity contribution in [2.75, 3.05) is 7.05 Å². The fraction of sp³-hybridized carbons (Fsp3) is 0.526. The maximum absolute atomic E-state index is 11.6. The molecule has 0 fully saturated rings. The van der Waals surface area contributed by atoms with Crippen molar-refractivity contribution >= 4 is 5.97 Å². The fourth-order valence-corrected chi connectivity index (χ4v) is 3.69. The first-order valence-corrected chi connectivity index (χ1v) is 8.92. The van der Waals surface area contributed by atoms with Crippen LogP contribution in [0.1, 0.15) is 52.6 Å². The largest absolute Gasteiger partial charge is 0.476 e. The SMILES string of the molecule is CCCn1nc(C(=O)O)c2c1CC[C@@H](N(C)Cc1ccncc1C)C2. The second-order valence-electron chi connectivity index (χ2n) is 6.92. The minimum Gasteiger partial charge on any atom is -0.476 e. The third-order valence-electron chi connectivity index (χ3n) is 5.14. The standard InChI is InChI=1S/C19H26N4O2/c1-4-9-23-17-6-5-15(10-16(17)18(21-23)19(24)25)22(3)12-14-7-8-20-11-13(14)2/h7-8,11,15H,4-6,9-10,12H2,1-3H3,(H,24,25)/t15-/m1/s1. The lowest BCUT2D eigenvalue weighted by atomic mass is 9.90. The van der Waals surface area contributed by atoms with Crippen LogP contribution in [-0.4, -0.2) is 43.8 Å². The second kappa shape index (κ2) is 7.35. The van der Waals surface area contributed by atoms with Crippen molar-refractivity contribution in [3.63, 3.8) is 0 Å². The highest BCUT2D eigenvalue weighted by molar-refractivity contribution is 5.87. The van der Waals surface area contributed by atoms with Crippen LogP contribution in [0.15, 0.2) is 18.5 Å². The molecule has 0 radical (unpaired) electrons.